The van der Waals surface area contributed by atoms with Crippen LogP contribution >= 0.6 is 0 Å². The maximum Gasteiger partial charge on any atom is 0.149 e. The highest BCUT2D eigenvalue weighted by molar-refractivity contribution is 5.49. The van der Waals surface area contributed by atoms with Crippen molar-refractivity contribution >= 4 is 5.69 Å². The SMILES string of the molecule is COc1ccc(C(C)Nc2ccc(OC)cc2F)cc1. The van der Waals surface area contributed by atoms with Gasteiger partial charge in [0, 0.05) is 12.1 Å². The summed E-state index contributed by atoms with van der Waals surface area (Å²) in [4.78, 5) is 0. The molecule has 0 heterocycles. The Bertz CT molecular complexity index is 569. The zero-order valence-corrected chi connectivity index (χ0v) is 11.8. The fourth-order valence-corrected chi connectivity index (χ4v) is 1.95. The van der Waals surface area contributed by atoms with Crippen LogP contribution in [0.4, 0.5) is 10.1 Å². The number of rotatable bonds is 5. The van der Waals surface area contributed by atoms with Crippen LogP contribution in [0, 0.1) is 5.82 Å². The first-order valence-corrected chi connectivity index (χ1v) is 6.38. The molecule has 0 aliphatic rings. The highest BCUT2D eigenvalue weighted by Gasteiger charge is 2.09. The summed E-state index contributed by atoms with van der Waals surface area (Å²) in [5.41, 5.74) is 1.51. The molecule has 20 heavy (non-hydrogen) atoms. The van der Waals surface area contributed by atoms with Crippen LogP contribution in [0.25, 0.3) is 0 Å². The molecule has 1 unspecified atom stereocenters. The first-order chi connectivity index (χ1) is 9.63. The molecule has 0 aliphatic carbocycles. The molecule has 1 atom stereocenters. The summed E-state index contributed by atoms with van der Waals surface area (Å²) in [6.07, 6.45) is 0. The maximum atomic E-state index is 13.9. The first-order valence-electron chi connectivity index (χ1n) is 6.38. The lowest BCUT2D eigenvalue weighted by Gasteiger charge is -2.17. The van der Waals surface area contributed by atoms with Gasteiger partial charge in [-0.15, -0.1) is 0 Å². The fourth-order valence-electron chi connectivity index (χ4n) is 1.95. The number of nitrogens with one attached hydrogen (secondary N) is 1. The van der Waals surface area contributed by atoms with Crippen LogP contribution in [-0.2, 0) is 0 Å². The Morgan fingerprint density at radius 2 is 1.55 bits per heavy atom. The summed E-state index contributed by atoms with van der Waals surface area (Å²) in [5.74, 6) is 0.978. The van der Waals surface area contributed by atoms with Gasteiger partial charge in [-0.25, -0.2) is 4.39 Å². The van der Waals surface area contributed by atoms with Gasteiger partial charge in [0.2, 0.25) is 0 Å². The van der Waals surface area contributed by atoms with Gasteiger partial charge >= 0.3 is 0 Å². The molecule has 4 heteroatoms. The third kappa shape index (κ3) is 3.20. The summed E-state index contributed by atoms with van der Waals surface area (Å²) < 4.78 is 24.0. The molecule has 0 radical (unpaired) electrons. The maximum absolute atomic E-state index is 13.9. The van der Waals surface area contributed by atoms with E-state index < -0.39 is 0 Å². The van der Waals surface area contributed by atoms with Gasteiger partial charge in [0.15, 0.2) is 0 Å². The Labute approximate surface area is 118 Å². The normalized spacial score (nSPS) is 11.8. The van der Waals surface area contributed by atoms with Gasteiger partial charge in [-0.3, -0.25) is 0 Å². The molecular formula is C16H18FNO2. The van der Waals surface area contributed by atoms with Crippen LogP contribution < -0.4 is 14.8 Å². The number of ether oxygens (including phenoxy) is 2. The molecule has 0 amide bonds. The molecule has 2 aromatic rings. The summed E-state index contributed by atoms with van der Waals surface area (Å²) in [5, 5.41) is 3.14. The molecule has 2 aromatic carbocycles. The minimum absolute atomic E-state index is 0.0104. The topological polar surface area (TPSA) is 30.5 Å². The van der Waals surface area contributed by atoms with E-state index in [1.54, 1.807) is 19.2 Å². The van der Waals surface area contributed by atoms with Gasteiger partial charge in [0.05, 0.1) is 19.9 Å². The molecule has 0 spiro atoms. The van der Waals surface area contributed by atoms with E-state index in [1.807, 2.05) is 31.2 Å². The zero-order valence-electron chi connectivity index (χ0n) is 11.8. The second-order valence-corrected chi connectivity index (χ2v) is 4.48. The van der Waals surface area contributed by atoms with Gasteiger partial charge in [0.1, 0.15) is 17.3 Å². The number of hydrogen-bond acceptors (Lipinski definition) is 3. The monoisotopic (exact) mass is 275 g/mol. The molecule has 0 aromatic heterocycles. The second kappa shape index (κ2) is 6.28. The fraction of sp³-hybridized carbons (Fsp3) is 0.250. The molecule has 0 aliphatic heterocycles. The van der Waals surface area contributed by atoms with Crippen molar-refractivity contribution in [3.63, 3.8) is 0 Å². The Morgan fingerprint density at radius 3 is 2.10 bits per heavy atom. The summed E-state index contributed by atoms with van der Waals surface area (Å²) in [6, 6.07) is 12.4. The highest BCUT2D eigenvalue weighted by Crippen LogP contribution is 2.25. The molecule has 2 rings (SSSR count). The Hall–Kier alpha value is -2.23. The van der Waals surface area contributed by atoms with E-state index in [0.29, 0.717) is 11.4 Å². The van der Waals surface area contributed by atoms with E-state index >= 15 is 0 Å². The standard InChI is InChI=1S/C16H18FNO2/c1-11(12-4-6-13(19-2)7-5-12)18-16-9-8-14(20-3)10-15(16)17/h4-11,18H,1-3H3. The Kier molecular flexibility index (Phi) is 4.45. The molecular weight excluding hydrogens is 257 g/mol. The average molecular weight is 275 g/mol. The van der Waals surface area contributed by atoms with Gasteiger partial charge in [0.25, 0.3) is 0 Å². The largest absolute Gasteiger partial charge is 0.497 e. The van der Waals surface area contributed by atoms with Gasteiger partial charge in [-0.1, -0.05) is 12.1 Å². The van der Waals surface area contributed by atoms with E-state index in [9.17, 15) is 4.39 Å². The quantitative estimate of drug-likeness (QED) is 0.894. The number of halogens is 1. The van der Waals surface area contributed by atoms with Crippen molar-refractivity contribution in [2.24, 2.45) is 0 Å². The van der Waals surface area contributed by atoms with Crippen molar-refractivity contribution in [3.8, 4) is 11.5 Å². The Morgan fingerprint density at radius 1 is 0.950 bits per heavy atom. The summed E-state index contributed by atoms with van der Waals surface area (Å²) in [7, 11) is 3.14. The average Bonchev–Trinajstić information content (AvgIpc) is 2.49. The zero-order chi connectivity index (χ0) is 14.5. The predicted molar refractivity (Wildman–Crippen MR) is 78.0 cm³/mol. The third-order valence-electron chi connectivity index (χ3n) is 3.16. The lowest BCUT2D eigenvalue weighted by molar-refractivity contribution is 0.411. The molecule has 0 saturated carbocycles. The highest BCUT2D eigenvalue weighted by atomic mass is 19.1. The third-order valence-corrected chi connectivity index (χ3v) is 3.16. The van der Waals surface area contributed by atoms with Gasteiger partial charge in [-0.2, -0.15) is 0 Å². The number of methoxy groups -OCH3 is 2. The van der Waals surface area contributed by atoms with Crippen LogP contribution in [0.3, 0.4) is 0 Å². The van der Waals surface area contributed by atoms with Crippen LogP contribution in [0.15, 0.2) is 42.5 Å². The van der Waals surface area contributed by atoms with Crippen molar-refractivity contribution in [1.29, 1.82) is 0 Å². The summed E-state index contributed by atoms with van der Waals surface area (Å²) >= 11 is 0. The summed E-state index contributed by atoms with van der Waals surface area (Å²) in [6.45, 7) is 1.98. The first kappa shape index (κ1) is 14.2. The molecule has 0 fully saturated rings. The smallest absolute Gasteiger partial charge is 0.149 e. The van der Waals surface area contributed by atoms with Crippen molar-refractivity contribution in [3.05, 3.63) is 53.8 Å². The van der Waals surface area contributed by atoms with Crippen molar-refractivity contribution in [1.82, 2.24) is 0 Å². The lowest BCUT2D eigenvalue weighted by atomic mass is 10.1. The minimum Gasteiger partial charge on any atom is -0.497 e. The van der Waals surface area contributed by atoms with Crippen molar-refractivity contribution in [2.75, 3.05) is 19.5 Å². The van der Waals surface area contributed by atoms with E-state index in [0.717, 1.165) is 11.3 Å². The predicted octanol–water partition coefficient (Wildman–Crippen LogP) is 4.02. The van der Waals surface area contributed by atoms with E-state index in [2.05, 4.69) is 5.32 Å². The van der Waals surface area contributed by atoms with Crippen molar-refractivity contribution in [2.45, 2.75) is 13.0 Å². The Balaban J connectivity index is 2.12. The molecule has 106 valence electrons. The van der Waals surface area contributed by atoms with Crippen molar-refractivity contribution < 1.29 is 13.9 Å². The van der Waals surface area contributed by atoms with Crippen LogP contribution in [0.1, 0.15) is 18.5 Å². The van der Waals surface area contributed by atoms with E-state index in [4.69, 9.17) is 9.47 Å². The van der Waals surface area contributed by atoms with Crippen LogP contribution in [-0.4, -0.2) is 14.2 Å². The van der Waals surface area contributed by atoms with E-state index in [-0.39, 0.29) is 11.9 Å². The van der Waals surface area contributed by atoms with Gasteiger partial charge in [-0.05, 0) is 36.8 Å². The number of hydrogen-bond donors (Lipinski definition) is 1. The molecule has 0 bridgehead atoms. The minimum atomic E-state index is -0.329. The van der Waals surface area contributed by atoms with Crippen LogP contribution in [0.5, 0.6) is 11.5 Å². The number of benzene rings is 2. The lowest BCUT2D eigenvalue weighted by Crippen LogP contribution is -2.08. The second-order valence-electron chi connectivity index (χ2n) is 4.48. The van der Waals surface area contributed by atoms with Gasteiger partial charge < -0.3 is 14.8 Å². The number of anilines is 1. The molecule has 1 N–H and O–H groups in total. The van der Waals surface area contributed by atoms with E-state index in [1.165, 1.54) is 13.2 Å². The molecule has 0 saturated heterocycles. The molecule has 3 nitrogen and oxygen atoms in total. The van der Waals surface area contributed by atoms with Crippen LogP contribution in [0.2, 0.25) is 0 Å².